The lowest BCUT2D eigenvalue weighted by atomic mass is 10.1. The van der Waals surface area contributed by atoms with Crippen molar-refractivity contribution in [3.05, 3.63) is 63.1 Å². The van der Waals surface area contributed by atoms with E-state index in [1.165, 1.54) is 18.0 Å². The van der Waals surface area contributed by atoms with Gasteiger partial charge in [0, 0.05) is 51.6 Å². The van der Waals surface area contributed by atoms with Crippen molar-refractivity contribution in [3.8, 4) is 5.75 Å². The molecule has 0 aliphatic carbocycles. The predicted molar refractivity (Wildman–Crippen MR) is 111 cm³/mol. The summed E-state index contributed by atoms with van der Waals surface area (Å²) < 4.78 is 33.4. The summed E-state index contributed by atoms with van der Waals surface area (Å²) in [5.74, 6) is -3.98. The topological polar surface area (TPSA) is 113 Å². The molecule has 1 unspecified atom stereocenters. The van der Waals surface area contributed by atoms with Crippen LogP contribution >= 0.6 is 0 Å². The molecule has 0 spiro atoms. The summed E-state index contributed by atoms with van der Waals surface area (Å²) in [7, 11) is 3.10. The summed E-state index contributed by atoms with van der Waals surface area (Å²) in [5, 5.41) is 12.8. The Bertz CT molecular complexity index is 1090. The Labute approximate surface area is 182 Å². The van der Waals surface area contributed by atoms with Crippen LogP contribution in [0.15, 0.2) is 29.2 Å². The third-order valence-electron chi connectivity index (χ3n) is 5.30. The largest absolute Gasteiger partial charge is 0.502 e. The van der Waals surface area contributed by atoms with E-state index in [1.807, 2.05) is 0 Å². The normalized spacial score (nSPS) is 16.8. The molecule has 32 heavy (non-hydrogen) atoms. The number of aromatic nitrogens is 1. The molecule has 9 nitrogen and oxygen atoms in total. The van der Waals surface area contributed by atoms with Crippen LogP contribution in [0.3, 0.4) is 0 Å². The number of carbonyl (C=O) groups excluding carboxylic acids is 2. The van der Waals surface area contributed by atoms with Gasteiger partial charge in [-0.2, -0.15) is 0 Å². The predicted octanol–water partition coefficient (Wildman–Crippen LogP) is 1.19. The molecule has 11 heteroatoms. The van der Waals surface area contributed by atoms with Crippen molar-refractivity contribution in [3.63, 3.8) is 0 Å². The van der Waals surface area contributed by atoms with Gasteiger partial charge in [-0.25, -0.2) is 8.78 Å². The van der Waals surface area contributed by atoms with Crippen molar-refractivity contribution in [2.45, 2.75) is 25.5 Å². The van der Waals surface area contributed by atoms with Crippen molar-refractivity contribution < 1.29 is 28.2 Å². The summed E-state index contributed by atoms with van der Waals surface area (Å²) in [5.41, 5.74) is 1.14. The molecular formula is C21H24F2N4O5. The van der Waals surface area contributed by atoms with E-state index in [0.717, 1.165) is 16.9 Å². The maximum atomic E-state index is 13.8. The summed E-state index contributed by atoms with van der Waals surface area (Å²) in [6, 6.07) is 2.89. The molecule has 2 aromatic rings. The van der Waals surface area contributed by atoms with Crippen LogP contribution in [0.5, 0.6) is 5.75 Å². The maximum absolute atomic E-state index is 13.8. The van der Waals surface area contributed by atoms with Crippen LogP contribution in [-0.2, 0) is 11.3 Å². The number of aromatic hydroxyl groups is 1. The summed E-state index contributed by atoms with van der Waals surface area (Å²) in [6.07, 6.45) is 2.16. The number of rotatable bonds is 4. The van der Waals surface area contributed by atoms with Crippen molar-refractivity contribution in [1.82, 2.24) is 14.9 Å². The Kier molecular flexibility index (Phi) is 7.08. The van der Waals surface area contributed by atoms with Crippen molar-refractivity contribution >= 4 is 11.8 Å². The van der Waals surface area contributed by atoms with E-state index in [1.54, 1.807) is 7.11 Å². The van der Waals surface area contributed by atoms with Crippen LogP contribution in [0, 0.1) is 11.6 Å². The molecule has 1 aliphatic rings. The minimum Gasteiger partial charge on any atom is -0.502 e. The quantitative estimate of drug-likeness (QED) is 0.645. The number of methoxy groups -OCH3 is 1. The van der Waals surface area contributed by atoms with Crippen molar-refractivity contribution in [2.24, 2.45) is 0 Å². The number of pyridine rings is 1. The first-order valence-electron chi connectivity index (χ1n) is 9.95. The van der Waals surface area contributed by atoms with Gasteiger partial charge in [0.05, 0.1) is 6.10 Å². The average molecular weight is 450 g/mol. The van der Waals surface area contributed by atoms with E-state index in [2.05, 4.69) is 10.7 Å². The summed E-state index contributed by atoms with van der Waals surface area (Å²) in [6.45, 7) is 0.376. The van der Waals surface area contributed by atoms with Gasteiger partial charge in [-0.1, -0.05) is 6.07 Å². The van der Waals surface area contributed by atoms with Gasteiger partial charge < -0.3 is 25.5 Å². The first-order chi connectivity index (χ1) is 15.2. The second-order valence-electron chi connectivity index (χ2n) is 7.43. The number of amides is 2. The highest BCUT2D eigenvalue weighted by Crippen LogP contribution is 2.17. The number of hydrogen-bond acceptors (Lipinski definition) is 6. The Hall–Kier alpha value is -3.47. The molecule has 1 aliphatic heterocycles. The van der Waals surface area contributed by atoms with Gasteiger partial charge in [-0.3, -0.25) is 19.1 Å². The van der Waals surface area contributed by atoms with Crippen LogP contribution in [-0.4, -0.2) is 59.8 Å². The highest BCUT2D eigenvalue weighted by molar-refractivity contribution is 5.98. The molecule has 0 saturated carbocycles. The molecule has 2 amide bonds. The zero-order valence-electron chi connectivity index (χ0n) is 17.7. The van der Waals surface area contributed by atoms with E-state index in [9.17, 15) is 28.3 Å². The van der Waals surface area contributed by atoms with E-state index < -0.39 is 40.2 Å². The molecule has 3 N–H and O–H groups in total. The number of fused-ring (bicyclic) bond motifs is 1. The van der Waals surface area contributed by atoms with Crippen LogP contribution in [0.25, 0.3) is 0 Å². The lowest BCUT2D eigenvalue weighted by Gasteiger charge is -2.26. The monoisotopic (exact) mass is 450 g/mol. The van der Waals surface area contributed by atoms with Gasteiger partial charge in [-0.05, 0) is 18.9 Å². The number of nitrogens with one attached hydrogen (secondary N) is 2. The Morgan fingerprint density at radius 2 is 2.06 bits per heavy atom. The van der Waals surface area contributed by atoms with E-state index in [-0.39, 0.29) is 23.9 Å². The lowest BCUT2D eigenvalue weighted by molar-refractivity contribution is 0.0645. The minimum absolute atomic E-state index is 0.0172. The molecule has 0 radical (unpaired) electrons. The third kappa shape index (κ3) is 4.88. The van der Waals surface area contributed by atoms with Gasteiger partial charge in [-0.15, -0.1) is 0 Å². The third-order valence-corrected chi connectivity index (χ3v) is 5.30. The standard InChI is InChI=1S/C21H24F2N4O5/c1-26-8-6-14(32-2)5-7-25-27-11-15(18(28)19(29)17(27)21(26)31)20(30)24-10-12-3-4-13(22)9-16(12)23/h3-4,9,11,14,25,29H,5-8,10H2,1-2H3,(H,24,30). The first kappa shape index (κ1) is 23.2. The Balaban J connectivity index is 1.91. The second-order valence-corrected chi connectivity index (χ2v) is 7.43. The minimum atomic E-state index is -1.04. The fourth-order valence-corrected chi connectivity index (χ4v) is 3.37. The molecule has 0 saturated heterocycles. The van der Waals surface area contributed by atoms with Gasteiger partial charge in [0.25, 0.3) is 11.8 Å². The number of benzene rings is 1. The molecule has 0 fully saturated rings. The van der Waals surface area contributed by atoms with Crippen molar-refractivity contribution in [1.29, 1.82) is 0 Å². The lowest BCUT2D eigenvalue weighted by Crippen LogP contribution is -2.39. The number of hydrogen-bond donors (Lipinski definition) is 3. The zero-order chi connectivity index (χ0) is 23.4. The molecule has 1 aromatic heterocycles. The van der Waals surface area contributed by atoms with Gasteiger partial charge in [0.15, 0.2) is 11.4 Å². The fourth-order valence-electron chi connectivity index (χ4n) is 3.37. The van der Waals surface area contributed by atoms with Gasteiger partial charge in [0.1, 0.15) is 17.2 Å². The average Bonchev–Trinajstić information content (AvgIpc) is 2.76. The Morgan fingerprint density at radius 1 is 1.31 bits per heavy atom. The van der Waals surface area contributed by atoms with E-state index in [4.69, 9.17) is 4.74 Å². The highest BCUT2D eigenvalue weighted by atomic mass is 19.1. The van der Waals surface area contributed by atoms with Crippen LogP contribution < -0.4 is 16.2 Å². The summed E-state index contributed by atoms with van der Waals surface area (Å²) >= 11 is 0. The van der Waals surface area contributed by atoms with E-state index >= 15 is 0 Å². The smallest absolute Gasteiger partial charge is 0.276 e. The van der Waals surface area contributed by atoms with Gasteiger partial charge >= 0.3 is 0 Å². The fraction of sp³-hybridized carbons (Fsp3) is 0.381. The highest BCUT2D eigenvalue weighted by Gasteiger charge is 2.27. The number of ether oxygens (including phenoxy) is 1. The van der Waals surface area contributed by atoms with Crippen LogP contribution in [0.1, 0.15) is 39.3 Å². The maximum Gasteiger partial charge on any atom is 0.276 e. The number of carbonyl (C=O) groups is 2. The van der Waals surface area contributed by atoms with Gasteiger partial charge in [0.2, 0.25) is 5.43 Å². The molecule has 0 bridgehead atoms. The van der Waals surface area contributed by atoms with Crippen molar-refractivity contribution in [2.75, 3.05) is 32.7 Å². The molecule has 1 atom stereocenters. The molecule has 172 valence electrons. The molecule has 1 aromatic carbocycles. The van der Waals surface area contributed by atoms with Crippen LogP contribution in [0.4, 0.5) is 8.78 Å². The molecular weight excluding hydrogens is 426 g/mol. The van der Waals surface area contributed by atoms with Crippen LogP contribution in [0.2, 0.25) is 0 Å². The van der Waals surface area contributed by atoms with E-state index in [0.29, 0.717) is 32.0 Å². The SMILES string of the molecule is COC1CCNn2cc(C(=O)NCc3ccc(F)cc3F)c(=O)c(O)c2C(=O)N(C)CC1. The number of nitrogens with zero attached hydrogens (tertiary/aromatic N) is 2. The first-order valence-corrected chi connectivity index (χ1v) is 9.95. The second kappa shape index (κ2) is 9.77. The summed E-state index contributed by atoms with van der Waals surface area (Å²) in [4.78, 5) is 39.4. The molecule has 2 heterocycles. The number of halogens is 2. The Morgan fingerprint density at radius 3 is 2.75 bits per heavy atom. The molecule has 3 rings (SSSR count). The zero-order valence-corrected chi connectivity index (χ0v) is 17.7.